The van der Waals surface area contributed by atoms with E-state index < -0.39 is 29.8 Å². The zero-order chi connectivity index (χ0) is 16.0. The number of carbonyl (C=O) groups is 4. The third kappa shape index (κ3) is 4.44. The zero-order valence-corrected chi connectivity index (χ0v) is 12.4. The number of esters is 2. The summed E-state index contributed by atoms with van der Waals surface area (Å²) in [5.74, 6) is -3.03. The molecule has 0 aromatic heterocycles. The van der Waals surface area contributed by atoms with E-state index in [0.717, 1.165) is 0 Å². The van der Waals surface area contributed by atoms with Gasteiger partial charge in [-0.25, -0.2) is 9.59 Å². The SMILES string of the molecule is CCOC(=O)C(NC(=O)C1CC(=O)N(C)C1)C(=O)OCC. The molecule has 1 N–H and O–H groups in total. The van der Waals surface area contributed by atoms with E-state index in [-0.39, 0.29) is 32.1 Å². The summed E-state index contributed by atoms with van der Waals surface area (Å²) in [7, 11) is 1.59. The van der Waals surface area contributed by atoms with Gasteiger partial charge in [0.2, 0.25) is 17.9 Å². The number of carbonyl (C=O) groups excluding carboxylic acids is 4. The lowest BCUT2D eigenvalue weighted by molar-refractivity contribution is -0.159. The van der Waals surface area contributed by atoms with Gasteiger partial charge in [-0.2, -0.15) is 0 Å². The summed E-state index contributed by atoms with van der Waals surface area (Å²) in [4.78, 5) is 48.3. The molecule has 0 bridgehead atoms. The van der Waals surface area contributed by atoms with Crippen LogP contribution in [0.15, 0.2) is 0 Å². The molecule has 0 spiro atoms. The Labute approximate surface area is 122 Å². The van der Waals surface area contributed by atoms with Crippen molar-refractivity contribution in [2.24, 2.45) is 5.92 Å². The normalized spacial score (nSPS) is 17.8. The van der Waals surface area contributed by atoms with Crippen LogP contribution in [0.2, 0.25) is 0 Å². The summed E-state index contributed by atoms with van der Waals surface area (Å²) in [5, 5.41) is 2.30. The number of ether oxygens (including phenoxy) is 2. The second-order valence-corrected chi connectivity index (χ2v) is 4.62. The van der Waals surface area contributed by atoms with Crippen molar-refractivity contribution in [3.8, 4) is 0 Å². The van der Waals surface area contributed by atoms with Crippen molar-refractivity contribution in [3.05, 3.63) is 0 Å². The Balaban J connectivity index is 2.71. The Morgan fingerprint density at radius 1 is 1.24 bits per heavy atom. The van der Waals surface area contributed by atoms with Gasteiger partial charge in [0.15, 0.2) is 0 Å². The highest BCUT2D eigenvalue weighted by molar-refractivity contribution is 6.03. The van der Waals surface area contributed by atoms with Crippen LogP contribution in [-0.2, 0) is 28.7 Å². The maximum Gasteiger partial charge on any atom is 0.340 e. The molecule has 1 unspecified atom stereocenters. The van der Waals surface area contributed by atoms with Crippen molar-refractivity contribution in [1.29, 1.82) is 0 Å². The Morgan fingerprint density at radius 3 is 2.14 bits per heavy atom. The first-order valence-electron chi connectivity index (χ1n) is 6.78. The average Bonchev–Trinajstić information content (AvgIpc) is 2.76. The minimum absolute atomic E-state index is 0.0563. The van der Waals surface area contributed by atoms with Gasteiger partial charge in [0, 0.05) is 20.0 Å². The summed E-state index contributed by atoms with van der Waals surface area (Å²) in [6.07, 6.45) is 0.0563. The molecule has 8 heteroatoms. The first-order chi connectivity index (χ1) is 9.90. The van der Waals surface area contributed by atoms with Crippen LogP contribution in [0.25, 0.3) is 0 Å². The van der Waals surface area contributed by atoms with E-state index in [0.29, 0.717) is 0 Å². The second-order valence-electron chi connectivity index (χ2n) is 4.62. The van der Waals surface area contributed by atoms with Crippen LogP contribution in [0.4, 0.5) is 0 Å². The zero-order valence-electron chi connectivity index (χ0n) is 12.4. The number of nitrogens with one attached hydrogen (secondary N) is 1. The van der Waals surface area contributed by atoms with Gasteiger partial charge in [0.1, 0.15) is 0 Å². The van der Waals surface area contributed by atoms with Gasteiger partial charge in [-0.05, 0) is 13.8 Å². The van der Waals surface area contributed by atoms with Crippen LogP contribution < -0.4 is 5.32 Å². The minimum atomic E-state index is -1.50. The van der Waals surface area contributed by atoms with Crippen LogP contribution in [0.3, 0.4) is 0 Å². The van der Waals surface area contributed by atoms with E-state index in [1.54, 1.807) is 20.9 Å². The molecule has 1 atom stereocenters. The summed E-state index contributed by atoms with van der Waals surface area (Å²) in [5.41, 5.74) is 0. The molecule has 21 heavy (non-hydrogen) atoms. The highest BCUT2D eigenvalue weighted by atomic mass is 16.6. The number of likely N-dealkylation sites (tertiary alicyclic amines) is 1. The van der Waals surface area contributed by atoms with Crippen molar-refractivity contribution in [3.63, 3.8) is 0 Å². The monoisotopic (exact) mass is 300 g/mol. The summed E-state index contributed by atoms with van der Waals surface area (Å²) < 4.78 is 9.49. The molecule has 1 aliphatic rings. The Bertz CT molecular complexity index is 418. The molecule has 8 nitrogen and oxygen atoms in total. The molecule has 0 aliphatic carbocycles. The van der Waals surface area contributed by atoms with E-state index in [2.05, 4.69) is 5.32 Å². The Kier molecular flexibility index (Phi) is 6.13. The highest BCUT2D eigenvalue weighted by Crippen LogP contribution is 2.16. The van der Waals surface area contributed by atoms with E-state index in [1.165, 1.54) is 4.90 Å². The molecule has 1 aliphatic heterocycles. The number of hydrogen-bond donors (Lipinski definition) is 1. The van der Waals surface area contributed by atoms with Gasteiger partial charge >= 0.3 is 11.9 Å². The largest absolute Gasteiger partial charge is 0.464 e. The van der Waals surface area contributed by atoms with Crippen LogP contribution >= 0.6 is 0 Å². The predicted octanol–water partition coefficient (Wildman–Crippen LogP) is -0.924. The van der Waals surface area contributed by atoms with E-state index >= 15 is 0 Å². The summed E-state index contributed by atoms with van der Waals surface area (Å²) in [6.45, 7) is 3.59. The maximum absolute atomic E-state index is 12.1. The molecule has 1 heterocycles. The second kappa shape index (κ2) is 7.61. The number of nitrogens with zero attached hydrogens (tertiary/aromatic N) is 1. The first kappa shape index (κ1) is 16.9. The number of amides is 2. The van der Waals surface area contributed by atoms with Gasteiger partial charge in [-0.15, -0.1) is 0 Å². The van der Waals surface area contributed by atoms with Gasteiger partial charge < -0.3 is 19.7 Å². The molecule has 2 amide bonds. The fourth-order valence-electron chi connectivity index (χ4n) is 1.96. The summed E-state index contributed by atoms with van der Waals surface area (Å²) in [6, 6.07) is -1.50. The van der Waals surface area contributed by atoms with Gasteiger partial charge in [0.25, 0.3) is 0 Å². The molecule has 1 fully saturated rings. The molecule has 1 rings (SSSR count). The molecule has 118 valence electrons. The molecular weight excluding hydrogens is 280 g/mol. The average molecular weight is 300 g/mol. The molecule has 0 aromatic carbocycles. The fraction of sp³-hybridized carbons (Fsp3) is 0.692. The van der Waals surface area contributed by atoms with Crippen LogP contribution in [-0.4, -0.2) is 61.5 Å². The predicted molar refractivity (Wildman–Crippen MR) is 70.9 cm³/mol. The minimum Gasteiger partial charge on any atom is -0.464 e. The lowest BCUT2D eigenvalue weighted by atomic mass is 10.1. The quantitative estimate of drug-likeness (QED) is 0.502. The van der Waals surface area contributed by atoms with Crippen LogP contribution in [0.5, 0.6) is 0 Å². The maximum atomic E-state index is 12.1. The summed E-state index contributed by atoms with van der Waals surface area (Å²) >= 11 is 0. The molecular formula is C13H20N2O6. The van der Waals surface area contributed by atoms with Crippen molar-refractivity contribution in [2.45, 2.75) is 26.3 Å². The van der Waals surface area contributed by atoms with Gasteiger partial charge in [-0.3, -0.25) is 9.59 Å². The first-order valence-corrected chi connectivity index (χ1v) is 6.78. The number of hydrogen-bond acceptors (Lipinski definition) is 6. The molecule has 0 radical (unpaired) electrons. The smallest absolute Gasteiger partial charge is 0.340 e. The lowest BCUT2D eigenvalue weighted by Crippen LogP contribution is -2.50. The van der Waals surface area contributed by atoms with Crippen LogP contribution in [0.1, 0.15) is 20.3 Å². The van der Waals surface area contributed by atoms with Crippen molar-refractivity contribution < 1.29 is 28.7 Å². The van der Waals surface area contributed by atoms with E-state index in [1.807, 2.05) is 0 Å². The lowest BCUT2D eigenvalue weighted by Gasteiger charge is -2.18. The Hall–Kier alpha value is -2.12. The van der Waals surface area contributed by atoms with E-state index in [9.17, 15) is 19.2 Å². The fourth-order valence-corrected chi connectivity index (χ4v) is 1.96. The molecule has 0 saturated carbocycles. The molecule has 1 saturated heterocycles. The Morgan fingerprint density at radius 2 is 1.76 bits per heavy atom. The molecule has 0 aromatic rings. The van der Waals surface area contributed by atoms with Gasteiger partial charge in [-0.1, -0.05) is 0 Å². The van der Waals surface area contributed by atoms with Crippen molar-refractivity contribution in [2.75, 3.05) is 26.8 Å². The topological polar surface area (TPSA) is 102 Å². The standard InChI is InChI=1S/C13H20N2O6/c1-4-20-12(18)10(13(19)21-5-2)14-11(17)8-6-9(16)15(3)7-8/h8,10H,4-7H2,1-3H3,(H,14,17). The van der Waals surface area contributed by atoms with Crippen LogP contribution in [0, 0.1) is 5.92 Å². The van der Waals surface area contributed by atoms with Crippen molar-refractivity contribution in [1.82, 2.24) is 10.2 Å². The van der Waals surface area contributed by atoms with Gasteiger partial charge in [0.05, 0.1) is 19.1 Å². The van der Waals surface area contributed by atoms with Crippen molar-refractivity contribution >= 4 is 23.8 Å². The third-order valence-corrected chi connectivity index (χ3v) is 3.04. The third-order valence-electron chi connectivity index (χ3n) is 3.04. The highest BCUT2D eigenvalue weighted by Gasteiger charge is 2.37. The van der Waals surface area contributed by atoms with E-state index in [4.69, 9.17) is 9.47 Å². The number of rotatable bonds is 6.